The SMILES string of the molecule is COc1ccc(C2=CSC(/N=C/c3ccc(OC)c(OC)c3)=NN2)cc1. The van der Waals surface area contributed by atoms with Crippen LogP contribution in [0.2, 0.25) is 0 Å². The van der Waals surface area contributed by atoms with Gasteiger partial charge in [0.15, 0.2) is 11.5 Å². The summed E-state index contributed by atoms with van der Waals surface area (Å²) in [6.07, 6.45) is 1.74. The summed E-state index contributed by atoms with van der Waals surface area (Å²) in [6.45, 7) is 0. The van der Waals surface area contributed by atoms with Gasteiger partial charge in [-0.05, 0) is 48.0 Å². The van der Waals surface area contributed by atoms with Crippen LogP contribution in [0.4, 0.5) is 0 Å². The summed E-state index contributed by atoms with van der Waals surface area (Å²) in [5.41, 5.74) is 5.88. The quantitative estimate of drug-likeness (QED) is 0.814. The van der Waals surface area contributed by atoms with E-state index in [1.165, 1.54) is 11.8 Å². The van der Waals surface area contributed by atoms with Crippen LogP contribution >= 0.6 is 11.8 Å². The smallest absolute Gasteiger partial charge is 0.210 e. The Morgan fingerprint density at radius 2 is 1.73 bits per heavy atom. The van der Waals surface area contributed by atoms with Crippen LogP contribution in [0, 0.1) is 0 Å². The van der Waals surface area contributed by atoms with Gasteiger partial charge < -0.3 is 14.2 Å². The molecule has 0 radical (unpaired) electrons. The largest absolute Gasteiger partial charge is 0.497 e. The molecule has 2 aromatic carbocycles. The fraction of sp³-hybridized carbons (Fsp3) is 0.158. The second kappa shape index (κ2) is 8.44. The van der Waals surface area contributed by atoms with Gasteiger partial charge in [0.05, 0.1) is 27.0 Å². The molecule has 6 nitrogen and oxygen atoms in total. The fourth-order valence-corrected chi connectivity index (χ4v) is 2.92. The molecule has 0 saturated carbocycles. The first kappa shape index (κ1) is 17.9. The lowest BCUT2D eigenvalue weighted by atomic mass is 10.2. The Morgan fingerprint density at radius 3 is 2.35 bits per heavy atom. The number of amidine groups is 1. The highest BCUT2D eigenvalue weighted by atomic mass is 32.2. The number of thioether (sulfide) groups is 1. The van der Waals surface area contributed by atoms with Gasteiger partial charge in [0, 0.05) is 17.2 Å². The second-order valence-corrected chi connectivity index (χ2v) is 6.09. The molecule has 1 aliphatic rings. The minimum atomic E-state index is 0.622. The number of hydrazone groups is 1. The predicted octanol–water partition coefficient (Wildman–Crippen LogP) is 3.74. The Morgan fingerprint density at radius 1 is 0.962 bits per heavy atom. The molecule has 0 spiro atoms. The van der Waals surface area contributed by atoms with E-state index in [9.17, 15) is 0 Å². The third-order valence-electron chi connectivity index (χ3n) is 3.69. The molecule has 134 valence electrons. The Labute approximate surface area is 156 Å². The van der Waals surface area contributed by atoms with Gasteiger partial charge in [-0.3, -0.25) is 5.43 Å². The highest BCUT2D eigenvalue weighted by Crippen LogP contribution is 2.27. The molecule has 0 saturated heterocycles. The van der Waals surface area contributed by atoms with Crippen molar-refractivity contribution in [2.24, 2.45) is 10.1 Å². The first-order chi connectivity index (χ1) is 12.7. The van der Waals surface area contributed by atoms with Crippen molar-refractivity contribution in [3.63, 3.8) is 0 Å². The van der Waals surface area contributed by atoms with Gasteiger partial charge in [-0.15, -0.1) is 5.10 Å². The van der Waals surface area contributed by atoms with Crippen molar-refractivity contribution in [2.75, 3.05) is 21.3 Å². The van der Waals surface area contributed by atoms with E-state index in [0.717, 1.165) is 22.6 Å². The molecule has 0 aliphatic carbocycles. The number of rotatable bonds is 5. The van der Waals surface area contributed by atoms with Crippen molar-refractivity contribution in [2.45, 2.75) is 0 Å². The number of nitrogens with zero attached hydrogens (tertiary/aromatic N) is 2. The summed E-state index contributed by atoms with van der Waals surface area (Å²) in [6, 6.07) is 13.4. The molecule has 7 heteroatoms. The Kier molecular flexibility index (Phi) is 5.80. The van der Waals surface area contributed by atoms with Gasteiger partial charge in [0.1, 0.15) is 5.75 Å². The summed E-state index contributed by atoms with van der Waals surface area (Å²) in [4.78, 5) is 4.40. The van der Waals surface area contributed by atoms with Crippen molar-refractivity contribution in [3.8, 4) is 17.2 Å². The number of benzene rings is 2. The molecule has 1 N–H and O–H groups in total. The lowest BCUT2D eigenvalue weighted by Gasteiger charge is -2.12. The van der Waals surface area contributed by atoms with Crippen LogP contribution < -0.4 is 19.6 Å². The highest BCUT2D eigenvalue weighted by Gasteiger charge is 2.09. The Hall–Kier alpha value is -2.93. The van der Waals surface area contributed by atoms with E-state index in [2.05, 4.69) is 15.5 Å². The number of aliphatic imine (C=N–C) groups is 1. The third kappa shape index (κ3) is 4.18. The molecule has 0 atom stereocenters. The summed E-state index contributed by atoms with van der Waals surface area (Å²) >= 11 is 1.45. The lowest BCUT2D eigenvalue weighted by Crippen LogP contribution is -2.10. The first-order valence-corrected chi connectivity index (χ1v) is 8.72. The van der Waals surface area contributed by atoms with Crippen LogP contribution in [-0.4, -0.2) is 32.7 Å². The number of methoxy groups -OCH3 is 3. The van der Waals surface area contributed by atoms with Gasteiger partial charge in [0.2, 0.25) is 5.17 Å². The van der Waals surface area contributed by atoms with E-state index in [1.54, 1.807) is 27.5 Å². The van der Waals surface area contributed by atoms with Crippen molar-refractivity contribution in [1.29, 1.82) is 0 Å². The van der Waals surface area contributed by atoms with E-state index in [1.807, 2.05) is 47.9 Å². The topological polar surface area (TPSA) is 64.4 Å². The number of hydrogen-bond donors (Lipinski definition) is 1. The zero-order chi connectivity index (χ0) is 18.4. The normalized spacial score (nSPS) is 13.7. The molecule has 1 aliphatic heterocycles. The van der Waals surface area contributed by atoms with Gasteiger partial charge in [-0.1, -0.05) is 11.8 Å². The third-order valence-corrected chi connectivity index (χ3v) is 4.45. The van der Waals surface area contributed by atoms with Gasteiger partial charge in [-0.2, -0.15) is 0 Å². The van der Waals surface area contributed by atoms with Gasteiger partial charge in [0.25, 0.3) is 0 Å². The second-order valence-electron chi connectivity index (χ2n) is 5.26. The maximum atomic E-state index is 5.30. The molecule has 3 rings (SSSR count). The molecule has 0 aromatic heterocycles. The minimum Gasteiger partial charge on any atom is -0.497 e. The molecule has 0 amide bonds. The summed E-state index contributed by atoms with van der Waals surface area (Å²) < 4.78 is 15.7. The van der Waals surface area contributed by atoms with E-state index in [4.69, 9.17) is 14.2 Å². The average Bonchev–Trinajstić information content (AvgIpc) is 2.72. The Bertz CT molecular complexity index is 861. The van der Waals surface area contributed by atoms with Crippen LogP contribution in [0.1, 0.15) is 11.1 Å². The fourth-order valence-electron chi connectivity index (χ4n) is 2.30. The van der Waals surface area contributed by atoms with E-state index in [-0.39, 0.29) is 0 Å². The molecule has 0 bridgehead atoms. The van der Waals surface area contributed by atoms with Crippen molar-refractivity contribution in [3.05, 3.63) is 59.0 Å². The van der Waals surface area contributed by atoms with Crippen LogP contribution in [0.25, 0.3) is 5.70 Å². The Balaban J connectivity index is 1.65. The summed E-state index contributed by atoms with van der Waals surface area (Å²) in [7, 11) is 4.86. The lowest BCUT2D eigenvalue weighted by molar-refractivity contribution is 0.355. The average molecular weight is 369 g/mol. The van der Waals surface area contributed by atoms with Crippen molar-refractivity contribution in [1.82, 2.24) is 5.43 Å². The molecule has 2 aromatic rings. The molecule has 0 unspecified atom stereocenters. The van der Waals surface area contributed by atoms with Crippen LogP contribution in [-0.2, 0) is 0 Å². The molecular formula is C19H19N3O3S. The zero-order valence-electron chi connectivity index (χ0n) is 14.7. The highest BCUT2D eigenvalue weighted by molar-refractivity contribution is 8.16. The van der Waals surface area contributed by atoms with E-state index < -0.39 is 0 Å². The zero-order valence-corrected chi connectivity index (χ0v) is 15.5. The number of hydrogen-bond acceptors (Lipinski definition) is 7. The number of nitrogens with one attached hydrogen (secondary N) is 1. The summed E-state index contributed by atoms with van der Waals surface area (Å²) in [5, 5.41) is 6.90. The maximum Gasteiger partial charge on any atom is 0.210 e. The van der Waals surface area contributed by atoms with Crippen molar-refractivity contribution >= 4 is 28.8 Å². The van der Waals surface area contributed by atoms with Crippen LogP contribution in [0.3, 0.4) is 0 Å². The van der Waals surface area contributed by atoms with E-state index >= 15 is 0 Å². The van der Waals surface area contributed by atoms with Crippen LogP contribution in [0.15, 0.2) is 58.0 Å². The van der Waals surface area contributed by atoms with Crippen LogP contribution in [0.5, 0.6) is 17.2 Å². The monoisotopic (exact) mass is 369 g/mol. The molecule has 1 heterocycles. The first-order valence-electron chi connectivity index (χ1n) is 7.84. The maximum absolute atomic E-state index is 5.30. The molecular weight excluding hydrogens is 350 g/mol. The van der Waals surface area contributed by atoms with E-state index in [0.29, 0.717) is 16.7 Å². The summed E-state index contributed by atoms with van der Waals surface area (Å²) in [5.74, 6) is 2.17. The molecule has 0 fully saturated rings. The van der Waals surface area contributed by atoms with Crippen molar-refractivity contribution < 1.29 is 14.2 Å². The van der Waals surface area contributed by atoms with Gasteiger partial charge >= 0.3 is 0 Å². The molecule has 26 heavy (non-hydrogen) atoms. The van der Waals surface area contributed by atoms with Gasteiger partial charge in [-0.25, -0.2) is 4.99 Å². The predicted molar refractivity (Wildman–Crippen MR) is 106 cm³/mol. The minimum absolute atomic E-state index is 0.622. The standard InChI is InChI=1S/C19H19N3O3S/c1-23-15-7-5-14(6-8-15)16-12-26-19(22-21-16)20-11-13-4-9-17(24-2)18(10-13)25-3/h4-12,21H,1-3H3/b20-11+. The number of ether oxygens (including phenoxy) is 3.